The summed E-state index contributed by atoms with van der Waals surface area (Å²) in [6, 6.07) is 3.61. The lowest BCUT2D eigenvalue weighted by atomic mass is 10.2. The number of amides is 1. The lowest BCUT2D eigenvalue weighted by Crippen LogP contribution is -2.55. The van der Waals surface area contributed by atoms with Gasteiger partial charge in [0.15, 0.2) is 0 Å². The molecule has 3 heterocycles. The molecule has 3 fully saturated rings. The van der Waals surface area contributed by atoms with Crippen molar-refractivity contribution in [2.24, 2.45) is 0 Å². The second-order valence-corrected chi connectivity index (χ2v) is 10.5. The quantitative estimate of drug-likeness (QED) is 0.679. The largest absolute Gasteiger partial charge is 0.379 e. The molecule has 0 aromatic carbocycles. The van der Waals surface area contributed by atoms with Gasteiger partial charge < -0.3 is 15.0 Å². The molecule has 1 unspecified atom stereocenters. The van der Waals surface area contributed by atoms with Crippen molar-refractivity contribution in [2.75, 3.05) is 57.4 Å². The van der Waals surface area contributed by atoms with Gasteiger partial charge in [0.2, 0.25) is 15.9 Å². The maximum Gasteiger partial charge on any atom is 0.244 e. The van der Waals surface area contributed by atoms with Crippen molar-refractivity contribution in [3.05, 3.63) is 18.3 Å². The topological polar surface area (TPSA) is 95.1 Å². The number of piperazine rings is 1. The van der Waals surface area contributed by atoms with Crippen LogP contribution >= 0.6 is 0 Å². The first-order valence-corrected chi connectivity index (χ1v) is 12.7. The second kappa shape index (κ2) is 9.81. The van der Waals surface area contributed by atoms with Crippen LogP contribution in [0.15, 0.2) is 23.2 Å². The molecule has 0 radical (unpaired) electrons. The van der Waals surface area contributed by atoms with E-state index in [1.54, 1.807) is 12.1 Å². The van der Waals surface area contributed by atoms with Gasteiger partial charge in [0, 0.05) is 51.5 Å². The van der Waals surface area contributed by atoms with Gasteiger partial charge in [0.1, 0.15) is 10.7 Å². The fourth-order valence-electron chi connectivity index (χ4n) is 4.54. The Balaban J connectivity index is 1.31. The monoisotopic (exact) mass is 451 g/mol. The van der Waals surface area contributed by atoms with Gasteiger partial charge in [-0.25, -0.2) is 13.4 Å². The lowest BCUT2D eigenvalue weighted by molar-refractivity contribution is -0.126. The van der Waals surface area contributed by atoms with E-state index in [0.717, 1.165) is 44.8 Å². The Labute approximate surface area is 184 Å². The average molecular weight is 452 g/mol. The molecule has 1 aromatic rings. The first-order valence-electron chi connectivity index (χ1n) is 11.3. The summed E-state index contributed by atoms with van der Waals surface area (Å²) >= 11 is 0. The van der Waals surface area contributed by atoms with Crippen molar-refractivity contribution >= 4 is 21.7 Å². The van der Waals surface area contributed by atoms with Crippen LogP contribution in [0.25, 0.3) is 0 Å². The lowest BCUT2D eigenvalue weighted by Gasteiger charge is -2.38. The van der Waals surface area contributed by atoms with E-state index in [0.29, 0.717) is 32.3 Å². The Hall–Kier alpha value is -1.75. The van der Waals surface area contributed by atoms with Gasteiger partial charge in [-0.15, -0.1) is 0 Å². The summed E-state index contributed by atoms with van der Waals surface area (Å²) in [7, 11) is -3.53. The predicted molar refractivity (Wildman–Crippen MR) is 117 cm³/mol. The van der Waals surface area contributed by atoms with Crippen LogP contribution in [0.4, 0.5) is 5.82 Å². The molecule has 3 aliphatic rings. The van der Waals surface area contributed by atoms with Gasteiger partial charge in [0.05, 0.1) is 19.3 Å². The van der Waals surface area contributed by atoms with Crippen molar-refractivity contribution in [3.63, 3.8) is 0 Å². The molecule has 1 N–H and O–H groups in total. The van der Waals surface area contributed by atoms with Crippen molar-refractivity contribution in [3.8, 4) is 0 Å². The average Bonchev–Trinajstić information content (AvgIpc) is 3.32. The van der Waals surface area contributed by atoms with Crippen LogP contribution in [-0.2, 0) is 19.6 Å². The minimum atomic E-state index is -3.53. The molecule has 1 aliphatic carbocycles. The molecule has 1 aromatic heterocycles. The van der Waals surface area contributed by atoms with Crippen LogP contribution in [0.2, 0.25) is 0 Å². The Morgan fingerprint density at radius 2 is 1.77 bits per heavy atom. The van der Waals surface area contributed by atoms with E-state index in [1.165, 1.54) is 23.3 Å². The smallest absolute Gasteiger partial charge is 0.244 e. The Bertz CT molecular complexity index is 843. The summed E-state index contributed by atoms with van der Waals surface area (Å²) in [6.45, 7) is 6.62. The molecule has 2 aliphatic heterocycles. The van der Waals surface area contributed by atoms with Gasteiger partial charge in [-0.3, -0.25) is 9.69 Å². The fraction of sp³-hybridized carbons (Fsp3) is 0.714. The maximum atomic E-state index is 12.8. The highest BCUT2D eigenvalue weighted by Crippen LogP contribution is 2.21. The SMILES string of the molecule is CC(C(=O)NC1CCCC1)N1CCN(c2ccc(S(=O)(=O)N3CCOCC3)cn2)CC1. The molecule has 1 atom stereocenters. The van der Waals surface area contributed by atoms with E-state index >= 15 is 0 Å². The number of rotatable bonds is 6. The van der Waals surface area contributed by atoms with E-state index < -0.39 is 10.0 Å². The zero-order valence-electron chi connectivity index (χ0n) is 18.2. The number of nitrogens with zero attached hydrogens (tertiary/aromatic N) is 4. The highest BCUT2D eigenvalue weighted by Gasteiger charge is 2.29. The Morgan fingerprint density at radius 3 is 2.39 bits per heavy atom. The van der Waals surface area contributed by atoms with Gasteiger partial charge >= 0.3 is 0 Å². The molecule has 10 heteroatoms. The van der Waals surface area contributed by atoms with Crippen molar-refractivity contribution in [1.82, 2.24) is 19.5 Å². The molecule has 2 saturated heterocycles. The first-order chi connectivity index (χ1) is 14.9. The normalized spacial score (nSPS) is 23.1. The number of ether oxygens (including phenoxy) is 1. The van der Waals surface area contributed by atoms with Crippen molar-refractivity contribution in [1.29, 1.82) is 0 Å². The van der Waals surface area contributed by atoms with Crippen LogP contribution in [0.1, 0.15) is 32.6 Å². The standard InChI is InChI=1S/C21H33N5O4S/c1-17(21(27)23-18-4-2-3-5-18)24-8-10-25(11-9-24)20-7-6-19(16-22-20)31(28,29)26-12-14-30-15-13-26/h6-7,16-18H,2-5,8-15H2,1H3,(H,23,27). The van der Waals surface area contributed by atoms with E-state index in [2.05, 4.69) is 20.1 Å². The molecular weight excluding hydrogens is 418 g/mol. The highest BCUT2D eigenvalue weighted by atomic mass is 32.2. The van der Waals surface area contributed by atoms with Gasteiger partial charge in [-0.1, -0.05) is 12.8 Å². The van der Waals surface area contributed by atoms with E-state index in [1.807, 2.05) is 6.92 Å². The molecule has 0 bridgehead atoms. The minimum Gasteiger partial charge on any atom is -0.379 e. The molecular formula is C21H33N5O4S. The molecule has 31 heavy (non-hydrogen) atoms. The third kappa shape index (κ3) is 5.19. The first kappa shape index (κ1) is 22.4. The summed E-state index contributed by atoms with van der Waals surface area (Å²) in [5, 5.41) is 3.19. The molecule has 172 valence electrons. The Morgan fingerprint density at radius 1 is 1.10 bits per heavy atom. The van der Waals surface area contributed by atoms with Crippen molar-refractivity contribution in [2.45, 2.75) is 49.6 Å². The second-order valence-electron chi connectivity index (χ2n) is 8.56. The summed E-state index contributed by atoms with van der Waals surface area (Å²) < 4.78 is 32.2. The summed E-state index contributed by atoms with van der Waals surface area (Å²) in [4.78, 5) is 21.6. The van der Waals surface area contributed by atoms with Crippen molar-refractivity contribution < 1.29 is 17.9 Å². The zero-order valence-corrected chi connectivity index (χ0v) is 19.0. The third-order valence-corrected chi connectivity index (χ3v) is 8.48. The number of pyridine rings is 1. The molecule has 4 rings (SSSR count). The summed E-state index contributed by atoms with van der Waals surface area (Å²) in [5.41, 5.74) is 0. The molecule has 9 nitrogen and oxygen atoms in total. The number of carbonyl (C=O) groups excluding carboxylic acids is 1. The van der Waals surface area contributed by atoms with Gasteiger partial charge in [-0.05, 0) is 31.9 Å². The molecule has 1 amide bonds. The number of hydrogen-bond acceptors (Lipinski definition) is 7. The van der Waals surface area contributed by atoms with Crippen LogP contribution < -0.4 is 10.2 Å². The van der Waals surface area contributed by atoms with E-state index in [-0.39, 0.29) is 16.8 Å². The van der Waals surface area contributed by atoms with E-state index in [9.17, 15) is 13.2 Å². The highest BCUT2D eigenvalue weighted by molar-refractivity contribution is 7.89. The molecule has 1 saturated carbocycles. The molecule has 0 spiro atoms. The number of nitrogens with one attached hydrogen (secondary N) is 1. The number of hydrogen-bond donors (Lipinski definition) is 1. The maximum absolute atomic E-state index is 12.8. The van der Waals surface area contributed by atoms with Gasteiger partial charge in [-0.2, -0.15) is 4.31 Å². The fourth-order valence-corrected chi connectivity index (χ4v) is 5.90. The number of aromatic nitrogens is 1. The number of carbonyl (C=O) groups is 1. The van der Waals surface area contributed by atoms with Crippen LogP contribution in [0, 0.1) is 0 Å². The number of anilines is 1. The number of sulfonamides is 1. The zero-order chi connectivity index (χ0) is 21.8. The summed E-state index contributed by atoms with van der Waals surface area (Å²) in [6.07, 6.45) is 6.05. The Kier molecular flexibility index (Phi) is 7.10. The van der Waals surface area contributed by atoms with Gasteiger partial charge in [0.25, 0.3) is 0 Å². The predicted octanol–water partition coefficient (Wildman–Crippen LogP) is 0.672. The minimum absolute atomic E-state index is 0.121. The summed E-state index contributed by atoms with van der Waals surface area (Å²) in [5.74, 6) is 0.889. The van der Waals surface area contributed by atoms with Crippen LogP contribution in [0.5, 0.6) is 0 Å². The third-order valence-electron chi connectivity index (χ3n) is 6.60. The van der Waals surface area contributed by atoms with Crippen LogP contribution in [0.3, 0.4) is 0 Å². The van der Waals surface area contributed by atoms with Crippen LogP contribution in [-0.4, -0.2) is 93.1 Å². The van der Waals surface area contributed by atoms with E-state index in [4.69, 9.17) is 4.74 Å². The number of morpholine rings is 1.